The highest BCUT2D eigenvalue weighted by atomic mass is 15.5. The van der Waals surface area contributed by atoms with Crippen LogP contribution in [0.3, 0.4) is 0 Å². The second kappa shape index (κ2) is 10.7. The van der Waals surface area contributed by atoms with Gasteiger partial charge >= 0.3 is 0 Å². The molecule has 0 amide bonds. The first-order valence-corrected chi connectivity index (χ1v) is 12.6. The van der Waals surface area contributed by atoms with Crippen molar-refractivity contribution in [3.05, 3.63) is 84.1 Å². The molecule has 1 aliphatic heterocycles. The van der Waals surface area contributed by atoms with Crippen molar-refractivity contribution < 1.29 is 0 Å². The van der Waals surface area contributed by atoms with Gasteiger partial charge in [0.1, 0.15) is 5.82 Å². The third kappa shape index (κ3) is 4.65. The second-order valence-electron chi connectivity index (χ2n) is 8.73. The number of hydrogen-bond donors (Lipinski definition) is 0. The van der Waals surface area contributed by atoms with E-state index in [9.17, 15) is 0 Å². The molecule has 2 atom stereocenters. The van der Waals surface area contributed by atoms with Crippen LogP contribution in [0.2, 0.25) is 0 Å². The number of anilines is 3. The number of pyridine rings is 1. The summed E-state index contributed by atoms with van der Waals surface area (Å²) in [5.41, 5.74) is 6.05. The van der Waals surface area contributed by atoms with E-state index in [0.717, 1.165) is 37.7 Å². The minimum atomic E-state index is 0.0955. The highest BCUT2D eigenvalue weighted by Crippen LogP contribution is 2.40. The summed E-state index contributed by atoms with van der Waals surface area (Å²) in [6, 6.07) is 24.0. The van der Waals surface area contributed by atoms with Crippen molar-refractivity contribution in [1.82, 2.24) is 4.98 Å². The molecule has 4 rings (SSSR count). The lowest BCUT2D eigenvalue weighted by Crippen LogP contribution is -2.25. The molecule has 2 heterocycles. The standard InChI is InChI=1S/C29H37N5/c1-6-32(7-2)25-17-13-23(14-18-25)28-22(5)29(34(31-28)27-12-10-11-21-30-27)24-15-19-26(20-16-24)33(8-3)9-4/h10-22,29H,6-9H2,1-5H3. The van der Waals surface area contributed by atoms with Crippen molar-refractivity contribution in [2.24, 2.45) is 11.0 Å². The lowest BCUT2D eigenvalue weighted by atomic mass is 9.88. The van der Waals surface area contributed by atoms with Gasteiger partial charge in [0.2, 0.25) is 0 Å². The molecule has 1 aromatic heterocycles. The van der Waals surface area contributed by atoms with E-state index in [0.29, 0.717) is 0 Å². The first kappa shape index (κ1) is 23.8. The molecule has 5 heteroatoms. The minimum Gasteiger partial charge on any atom is -0.372 e. The summed E-state index contributed by atoms with van der Waals surface area (Å²) >= 11 is 0. The van der Waals surface area contributed by atoms with Crippen LogP contribution in [0.1, 0.15) is 51.8 Å². The molecule has 3 aromatic rings. The molecule has 5 nitrogen and oxygen atoms in total. The second-order valence-corrected chi connectivity index (χ2v) is 8.73. The van der Waals surface area contributed by atoms with Crippen LogP contribution in [0.25, 0.3) is 0 Å². The summed E-state index contributed by atoms with van der Waals surface area (Å²) < 4.78 is 0. The van der Waals surface area contributed by atoms with E-state index in [1.54, 1.807) is 0 Å². The first-order chi connectivity index (χ1) is 16.6. The molecule has 0 saturated heterocycles. The molecule has 34 heavy (non-hydrogen) atoms. The molecular formula is C29H37N5. The van der Waals surface area contributed by atoms with Gasteiger partial charge in [-0.3, -0.25) is 0 Å². The Hall–Kier alpha value is -3.34. The van der Waals surface area contributed by atoms with Crippen LogP contribution in [0, 0.1) is 5.92 Å². The smallest absolute Gasteiger partial charge is 0.149 e. The predicted octanol–water partition coefficient (Wildman–Crippen LogP) is 6.38. The molecule has 2 aromatic carbocycles. The Kier molecular flexibility index (Phi) is 7.51. The Morgan fingerprint density at radius 2 is 1.29 bits per heavy atom. The summed E-state index contributed by atoms with van der Waals surface area (Å²) in [6.07, 6.45) is 1.84. The van der Waals surface area contributed by atoms with Crippen LogP contribution in [-0.2, 0) is 0 Å². The zero-order valence-corrected chi connectivity index (χ0v) is 21.1. The highest BCUT2D eigenvalue weighted by Gasteiger charge is 2.37. The summed E-state index contributed by atoms with van der Waals surface area (Å²) in [5, 5.41) is 7.24. The van der Waals surface area contributed by atoms with Gasteiger partial charge in [0, 0.05) is 49.7 Å². The molecular weight excluding hydrogens is 418 g/mol. The van der Waals surface area contributed by atoms with E-state index >= 15 is 0 Å². The van der Waals surface area contributed by atoms with E-state index in [1.165, 1.54) is 22.5 Å². The summed E-state index contributed by atoms with van der Waals surface area (Å²) in [6.45, 7) is 15.1. The van der Waals surface area contributed by atoms with Gasteiger partial charge in [-0.05, 0) is 75.2 Å². The third-order valence-electron chi connectivity index (χ3n) is 6.92. The predicted molar refractivity (Wildman–Crippen MR) is 145 cm³/mol. The molecule has 0 aliphatic carbocycles. The highest BCUT2D eigenvalue weighted by molar-refractivity contribution is 6.05. The average Bonchev–Trinajstić information content (AvgIpc) is 3.24. The fraction of sp³-hybridized carbons (Fsp3) is 0.379. The molecule has 0 fully saturated rings. The van der Waals surface area contributed by atoms with E-state index < -0.39 is 0 Å². The molecule has 178 valence electrons. The number of hydrazone groups is 1. The summed E-state index contributed by atoms with van der Waals surface area (Å²) in [4.78, 5) is 9.37. The van der Waals surface area contributed by atoms with Gasteiger partial charge in [0.05, 0.1) is 11.8 Å². The maximum Gasteiger partial charge on any atom is 0.149 e. The topological polar surface area (TPSA) is 35.0 Å². The quantitative estimate of drug-likeness (QED) is 0.375. The van der Waals surface area contributed by atoms with E-state index in [2.05, 4.69) is 103 Å². The van der Waals surface area contributed by atoms with Gasteiger partial charge in [-0.25, -0.2) is 9.99 Å². The fourth-order valence-electron chi connectivity index (χ4n) is 4.97. The van der Waals surface area contributed by atoms with Gasteiger partial charge in [0.15, 0.2) is 0 Å². The van der Waals surface area contributed by atoms with Crippen molar-refractivity contribution in [2.45, 2.75) is 40.7 Å². The van der Waals surface area contributed by atoms with Crippen molar-refractivity contribution in [1.29, 1.82) is 0 Å². The van der Waals surface area contributed by atoms with Crippen LogP contribution in [0.5, 0.6) is 0 Å². The lowest BCUT2D eigenvalue weighted by molar-refractivity contribution is 0.584. The van der Waals surface area contributed by atoms with Gasteiger partial charge < -0.3 is 9.80 Å². The first-order valence-electron chi connectivity index (χ1n) is 12.6. The van der Waals surface area contributed by atoms with E-state index in [-0.39, 0.29) is 12.0 Å². The van der Waals surface area contributed by atoms with Gasteiger partial charge in [-0.1, -0.05) is 37.3 Å². The monoisotopic (exact) mass is 455 g/mol. The Labute approximate surface area is 204 Å². The van der Waals surface area contributed by atoms with Crippen molar-refractivity contribution in [3.63, 3.8) is 0 Å². The largest absolute Gasteiger partial charge is 0.372 e. The Balaban J connectivity index is 1.69. The SMILES string of the molecule is CCN(CC)c1ccc(C2=NN(c3ccccn3)C(c3ccc(N(CC)CC)cc3)C2C)cc1. The molecule has 1 aliphatic rings. The normalized spacial score (nSPS) is 17.6. The van der Waals surface area contributed by atoms with E-state index in [4.69, 9.17) is 5.10 Å². The zero-order chi connectivity index (χ0) is 24.1. The molecule has 0 saturated carbocycles. The Bertz CT molecular complexity index is 1070. The van der Waals surface area contributed by atoms with Crippen LogP contribution in [0.4, 0.5) is 17.2 Å². The fourth-order valence-corrected chi connectivity index (χ4v) is 4.97. The average molecular weight is 456 g/mol. The number of nitrogens with zero attached hydrogens (tertiary/aromatic N) is 5. The van der Waals surface area contributed by atoms with Crippen LogP contribution < -0.4 is 14.8 Å². The molecule has 0 bridgehead atoms. The van der Waals surface area contributed by atoms with Gasteiger partial charge in [-0.15, -0.1) is 0 Å². The maximum absolute atomic E-state index is 5.14. The minimum absolute atomic E-state index is 0.0955. The number of benzene rings is 2. The summed E-state index contributed by atoms with van der Waals surface area (Å²) in [7, 11) is 0. The Morgan fingerprint density at radius 3 is 1.79 bits per heavy atom. The van der Waals surface area contributed by atoms with Crippen molar-refractivity contribution >= 4 is 22.9 Å². The number of hydrogen-bond acceptors (Lipinski definition) is 5. The van der Waals surface area contributed by atoms with Crippen molar-refractivity contribution in [2.75, 3.05) is 41.0 Å². The van der Waals surface area contributed by atoms with Gasteiger partial charge in [0.25, 0.3) is 0 Å². The third-order valence-corrected chi connectivity index (χ3v) is 6.92. The molecule has 0 radical (unpaired) electrons. The molecule has 0 spiro atoms. The van der Waals surface area contributed by atoms with Crippen LogP contribution in [-0.4, -0.2) is 36.9 Å². The Morgan fingerprint density at radius 1 is 0.735 bits per heavy atom. The number of aromatic nitrogens is 1. The lowest BCUT2D eigenvalue weighted by Gasteiger charge is -2.27. The van der Waals surface area contributed by atoms with Gasteiger partial charge in [-0.2, -0.15) is 5.10 Å². The van der Waals surface area contributed by atoms with Crippen molar-refractivity contribution in [3.8, 4) is 0 Å². The summed E-state index contributed by atoms with van der Waals surface area (Å²) in [5.74, 6) is 1.10. The van der Waals surface area contributed by atoms with Crippen LogP contribution >= 0.6 is 0 Å². The van der Waals surface area contributed by atoms with Crippen LogP contribution in [0.15, 0.2) is 78.0 Å². The maximum atomic E-state index is 5.14. The zero-order valence-electron chi connectivity index (χ0n) is 21.1. The van der Waals surface area contributed by atoms with E-state index in [1.807, 2.05) is 24.4 Å². The molecule has 0 N–H and O–H groups in total. The molecule has 2 unspecified atom stereocenters. The number of rotatable bonds is 9.